The number of ether oxygens (including phenoxy) is 1. The Hall–Kier alpha value is -1.43. The lowest BCUT2D eigenvalue weighted by Gasteiger charge is -2.24. The van der Waals surface area contributed by atoms with Crippen LogP contribution in [0, 0.1) is 5.82 Å². The quantitative estimate of drug-likeness (QED) is 0.873. The number of anilines is 1. The number of nitrogens with one attached hydrogen (secondary N) is 2. The van der Waals surface area contributed by atoms with Crippen LogP contribution in [0.2, 0.25) is 0 Å². The molecule has 1 aromatic rings. The maximum absolute atomic E-state index is 13.5. The van der Waals surface area contributed by atoms with Gasteiger partial charge in [0.2, 0.25) is 0 Å². The van der Waals surface area contributed by atoms with Crippen molar-refractivity contribution in [2.75, 3.05) is 18.4 Å². The van der Waals surface area contributed by atoms with Crippen molar-refractivity contribution in [1.29, 1.82) is 0 Å². The first-order chi connectivity index (χ1) is 8.65. The molecule has 2 rings (SSSR count). The Bertz CT molecular complexity index is 395. The van der Waals surface area contributed by atoms with Gasteiger partial charge in [0.15, 0.2) is 11.6 Å². The van der Waals surface area contributed by atoms with E-state index < -0.39 is 18.2 Å². The highest BCUT2D eigenvalue weighted by molar-refractivity contribution is 5.48. The highest BCUT2D eigenvalue weighted by atomic mass is 19.3. The number of piperidine rings is 1. The van der Waals surface area contributed by atoms with Crippen molar-refractivity contribution in [3.63, 3.8) is 0 Å². The van der Waals surface area contributed by atoms with Gasteiger partial charge in [-0.3, -0.25) is 0 Å². The Morgan fingerprint density at radius 1 is 1.39 bits per heavy atom. The highest BCUT2D eigenvalue weighted by Gasteiger charge is 2.14. The van der Waals surface area contributed by atoms with E-state index >= 15 is 0 Å². The van der Waals surface area contributed by atoms with Crippen molar-refractivity contribution in [3.8, 4) is 5.75 Å². The Labute approximate surface area is 103 Å². The second kappa shape index (κ2) is 5.95. The van der Waals surface area contributed by atoms with Gasteiger partial charge in [0.1, 0.15) is 0 Å². The van der Waals surface area contributed by atoms with E-state index in [0.29, 0.717) is 5.69 Å². The molecule has 0 bridgehead atoms. The van der Waals surface area contributed by atoms with Crippen molar-refractivity contribution in [2.45, 2.75) is 25.5 Å². The zero-order chi connectivity index (χ0) is 13.0. The number of rotatable bonds is 4. The van der Waals surface area contributed by atoms with Crippen LogP contribution in [-0.2, 0) is 0 Å². The lowest BCUT2D eigenvalue weighted by Crippen LogP contribution is -2.38. The predicted molar refractivity (Wildman–Crippen MR) is 62.5 cm³/mol. The molecular formula is C12H15F3N2O. The zero-order valence-corrected chi connectivity index (χ0v) is 9.76. The molecule has 0 saturated carbocycles. The first-order valence-electron chi connectivity index (χ1n) is 5.87. The van der Waals surface area contributed by atoms with E-state index in [-0.39, 0.29) is 6.04 Å². The normalized spacial score (nSPS) is 19.9. The Kier molecular flexibility index (Phi) is 4.30. The van der Waals surface area contributed by atoms with Gasteiger partial charge in [0, 0.05) is 24.3 Å². The molecular weight excluding hydrogens is 245 g/mol. The Morgan fingerprint density at radius 2 is 2.22 bits per heavy atom. The van der Waals surface area contributed by atoms with E-state index in [9.17, 15) is 13.2 Å². The summed E-state index contributed by atoms with van der Waals surface area (Å²) in [7, 11) is 0. The maximum atomic E-state index is 13.5. The molecule has 6 heteroatoms. The molecule has 1 atom stereocenters. The molecule has 0 aromatic heterocycles. The largest absolute Gasteiger partial charge is 0.432 e. The van der Waals surface area contributed by atoms with E-state index in [1.165, 1.54) is 18.2 Å². The van der Waals surface area contributed by atoms with Crippen LogP contribution in [0.1, 0.15) is 12.8 Å². The molecule has 0 aliphatic carbocycles. The van der Waals surface area contributed by atoms with E-state index in [2.05, 4.69) is 15.4 Å². The van der Waals surface area contributed by atoms with Crippen LogP contribution in [0.15, 0.2) is 18.2 Å². The van der Waals surface area contributed by atoms with Gasteiger partial charge in [-0.05, 0) is 31.5 Å². The molecule has 100 valence electrons. The number of hydrogen-bond acceptors (Lipinski definition) is 3. The molecule has 18 heavy (non-hydrogen) atoms. The van der Waals surface area contributed by atoms with Crippen LogP contribution in [0.4, 0.5) is 18.9 Å². The first kappa shape index (κ1) is 13.0. The summed E-state index contributed by atoms with van der Waals surface area (Å²) in [6, 6.07) is 4.15. The maximum Gasteiger partial charge on any atom is 0.387 e. The number of halogens is 3. The second-order valence-electron chi connectivity index (χ2n) is 4.21. The SMILES string of the molecule is Fc1cc(NC2CCCNC2)ccc1OC(F)F. The van der Waals surface area contributed by atoms with E-state index in [4.69, 9.17) is 0 Å². The third kappa shape index (κ3) is 3.53. The lowest BCUT2D eigenvalue weighted by molar-refractivity contribution is -0.0521. The molecule has 3 nitrogen and oxygen atoms in total. The van der Waals surface area contributed by atoms with Gasteiger partial charge in [-0.25, -0.2) is 4.39 Å². The van der Waals surface area contributed by atoms with Crippen LogP contribution in [0.5, 0.6) is 5.75 Å². The van der Waals surface area contributed by atoms with Gasteiger partial charge < -0.3 is 15.4 Å². The summed E-state index contributed by atoms with van der Waals surface area (Å²) in [5.74, 6) is -1.22. The second-order valence-corrected chi connectivity index (χ2v) is 4.21. The molecule has 1 fully saturated rings. The molecule has 0 radical (unpaired) electrons. The van der Waals surface area contributed by atoms with Crippen molar-refractivity contribution < 1.29 is 17.9 Å². The topological polar surface area (TPSA) is 33.3 Å². The summed E-state index contributed by atoms with van der Waals surface area (Å²) in [6.45, 7) is -1.20. The molecule has 0 amide bonds. The van der Waals surface area contributed by atoms with Gasteiger partial charge in [-0.2, -0.15) is 8.78 Å². The van der Waals surface area contributed by atoms with Gasteiger partial charge in [-0.1, -0.05) is 0 Å². The fourth-order valence-electron chi connectivity index (χ4n) is 1.99. The third-order valence-electron chi connectivity index (χ3n) is 2.82. The first-order valence-corrected chi connectivity index (χ1v) is 5.87. The van der Waals surface area contributed by atoms with Gasteiger partial charge >= 0.3 is 6.61 Å². The Morgan fingerprint density at radius 3 is 2.83 bits per heavy atom. The number of hydrogen-bond donors (Lipinski definition) is 2. The third-order valence-corrected chi connectivity index (χ3v) is 2.82. The minimum absolute atomic E-state index is 0.236. The molecule has 1 aliphatic heterocycles. The molecule has 0 spiro atoms. The average Bonchev–Trinajstić information content (AvgIpc) is 2.33. The summed E-state index contributed by atoms with van der Waals surface area (Å²) in [5, 5.41) is 6.38. The van der Waals surface area contributed by atoms with Crippen LogP contribution < -0.4 is 15.4 Å². The fourth-order valence-corrected chi connectivity index (χ4v) is 1.99. The minimum atomic E-state index is -3.01. The summed E-state index contributed by atoms with van der Waals surface area (Å²) in [4.78, 5) is 0. The predicted octanol–water partition coefficient (Wildman–Crippen LogP) is 2.59. The summed E-state index contributed by atoms with van der Waals surface area (Å²) in [5.41, 5.74) is 0.572. The molecule has 1 saturated heterocycles. The van der Waals surface area contributed by atoms with E-state index in [0.717, 1.165) is 25.9 Å². The van der Waals surface area contributed by atoms with Crippen molar-refractivity contribution >= 4 is 5.69 Å². The molecule has 1 unspecified atom stereocenters. The van der Waals surface area contributed by atoms with Gasteiger partial charge in [0.25, 0.3) is 0 Å². The fraction of sp³-hybridized carbons (Fsp3) is 0.500. The van der Waals surface area contributed by atoms with Crippen molar-refractivity contribution in [1.82, 2.24) is 5.32 Å². The standard InChI is InChI=1S/C12H15F3N2O/c13-10-6-8(3-4-11(10)18-12(14)15)17-9-2-1-5-16-7-9/h3-4,6,9,12,16-17H,1-2,5,7H2. The summed E-state index contributed by atoms with van der Waals surface area (Å²) >= 11 is 0. The minimum Gasteiger partial charge on any atom is -0.432 e. The smallest absolute Gasteiger partial charge is 0.387 e. The van der Waals surface area contributed by atoms with Gasteiger partial charge in [0.05, 0.1) is 0 Å². The van der Waals surface area contributed by atoms with Crippen LogP contribution in [0.25, 0.3) is 0 Å². The Balaban J connectivity index is 1.99. The monoisotopic (exact) mass is 260 g/mol. The summed E-state index contributed by atoms with van der Waals surface area (Å²) in [6.07, 6.45) is 2.07. The lowest BCUT2D eigenvalue weighted by atomic mass is 10.1. The molecule has 1 aromatic carbocycles. The van der Waals surface area contributed by atoms with Crippen LogP contribution in [0.3, 0.4) is 0 Å². The molecule has 1 heterocycles. The number of benzene rings is 1. The van der Waals surface area contributed by atoms with Crippen LogP contribution >= 0.6 is 0 Å². The van der Waals surface area contributed by atoms with E-state index in [1.54, 1.807) is 0 Å². The highest BCUT2D eigenvalue weighted by Crippen LogP contribution is 2.23. The average molecular weight is 260 g/mol. The summed E-state index contributed by atoms with van der Waals surface area (Å²) < 4.78 is 41.4. The number of alkyl halides is 2. The van der Waals surface area contributed by atoms with Gasteiger partial charge in [-0.15, -0.1) is 0 Å². The van der Waals surface area contributed by atoms with Crippen LogP contribution in [-0.4, -0.2) is 25.7 Å². The van der Waals surface area contributed by atoms with Crippen molar-refractivity contribution in [3.05, 3.63) is 24.0 Å². The van der Waals surface area contributed by atoms with Crippen molar-refractivity contribution in [2.24, 2.45) is 0 Å². The van der Waals surface area contributed by atoms with E-state index in [1.807, 2.05) is 0 Å². The zero-order valence-electron chi connectivity index (χ0n) is 9.76. The molecule has 2 N–H and O–H groups in total. The molecule has 1 aliphatic rings.